The smallest absolute Gasteiger partial charge is 0.251 e. The van der Waals surface area contributed by atoms with Crippen LogP contribution in [-0.4, -0.2) is 50.9 Å². The fourth-order valence-corrected chi connectivity index (χ4v) is 4.99. The Bertz CT molecular complexity index is 675. The first kappa shape index (κ1) is 16.4. The van der Waals surface area contributed by atoms with E-state index in [0.717, 1.165) is 25.7 Å². The molecule has 0 aromatic heterocycles. The van der Waals surface area contributed by atoms with Gasteiger partial charge in [-0.05, 0) is 49.9 Å². The van der Waals surface area contributed by atoms with E-state index in [9.17, 15) is 13.2 Å². The molecule has 1 aromatic rings. The predicted octanol–water partition coefficient (Wildman–Crippen LogP) is 0.950. The maximum Gasteiger partial charge on any atom is 0.251 e. The highest BCUT2D eigenvalue weighted by molar-refractivity contribution is 7.89. The van der Waals surface area contributed by atoms with Crippen LogP contribution in [0.4, 0.5) is 0 Å². The first-order valence-electron chi connectivity index (χ1n) is 7.98. The largest absolute Gasteiger partial charge is 0.355 e. The van der Waals surface area contributed by atoms with E-state index in [0.29, 0.717) is 17.6 Å². The first-order valence-corrected chi connectivity index (χ1v) is 9.42. The fraction of sp³-hybridized carbons (Fsp3) is 0.562. The van der Waals surface area contributed by atoms with Gasteiger partial charge < -0.3 is 10.6 Å². The summed E-state index contributed by atoms with van der Waals surface area (Å²) >= 11 is 0. The number of hydrogen-bond acceptors (Lipinski definition) is 4. The molecule has 1 amide bonds. The molecule has 6 nitrogen and oxygen atoms in total. The Balaban J connectivity index is 1.79. The maximum atomic E-state index is 12.8. The van der Waals surface area contributed by atoms with E-state index >= 15 is 0 Å². The minimum absolute atomic E-state index is 0.0392. The molecule has 2 saturated heterocycles. The lowest BCUT2D eigenvalue weighted by atomic mass is 10.0. The maximum absolute atomic E-state index is 12.8. The van der Waals surface area contributed by atoms with Crippen molar-refractivity contribution < 1.29 is 13.2 Å². The zero-order valence-electron chi connectivity index (χ0n) is 13.5. The molecule has 2 aliphatic heterocycles. The van der Waals surface area contributed by atoms with Crippen molar-refractivity contribution >= 4 is 15.9 Å². The van der Waals surface area contributed by atoms with Crippen LogP contribution in [0.25, 0.3) is 0 Å². The summed E-state index contributed by atoms with van der Waals surface area (Å²) < 4.78 is 27.1. The molecule has 7 heteroatoms. The van der Waals surface area contributed by atoms with Crippen LogP contribution in [0, 0.1) is 0 Å². The number of amides is 1. The van der Waals surface area contributed by atoms with E-state index in [1.807, 2.05) is 0 Å². The summed E-state index contributed by atoms with van der Waals surface area (Å²) in [5.74, 6) is -0.225. The Morgan fingerprint density at radius 2 is 1.74 bits per heavy atom. The number of fused-ring (bicyclic) bond motifs is 2. The third kappa shape index (κ3) is 3.13. The molecular formula is C16H23N3O3S. The van der Waals surface area contributed by atoms with Crippen LogP contribution in [-0.2, 0) is 10.0 Å². The summed E-state index contributed by atoms with van der Waals surface area (Å²) in [5, 5.41) is 6.05. The number of rotatable bonds is 4. The van der Waals surface area contributed by atoms with E-state index < -0.39 is 10.0 Å². The van der Waals surface area contributed by atoms with Crippen molar-refractivity contribution in [2.75, 3.05) is 14.1 Å². The molecule has 2 fully saturated rings. The molecule has 0 spiro atoms. The minimum atomic E-state index is -3.53. The predicted molar refractivity (Wildman–Crippen MR) is 87.7 cm³/mol. The number of benzene rings is 1. The topological polar surface area (TPSA) is 78.5 Å². The van der Waals surface area contributed by atoms with E-state index in [-0.39, 0.29) is 16.8 Å². The van der Waals surface area contributed by atoms with E-state index in [2.05, 4.69) is 10.6 Å². The molecule has 2 atom stereocenters. The van der Waals surface area contributed by atoms with Gasteiger partial charge in [0.15, 0.2) is 0 Å². The quantitative estimate of drug-likeness (QED) is 0.857. The second-order valence-corrected chi connectivity index (χ2v) is 8.39. The number of hydrogen-bond donors (Lipinski definition) is 2. The molecule has 3 rings (SSSR count). The normalized spacial score (nSPS) is 27.2. The average molecular weight is 337 g/mol. The van der Waals surface area contributed by atoms with Gasteiger partial charge in [-0.3, -0.25) is 4.79 Å². The van der Waals surface area contributed by atoms with Crippen molar-refractivity contribution in [1.29, 1.82) is 0 Å². The molecule has 23 heavy (non-hydrogen) atoms. The Morgan fingerprint density at radius 1 is 1.17 bits per heavy atom. The van der Waals surface area contributed by atoms with Gasteiger partial charge in [0.1, 0.15) is 0 Å². The number of carbonyl (C=O) groups excluding carboxylic acids is 1. The Labute approximate surface area is 137 Å². The highest BCUT2D eigenvalue weighted by Gasteiger charge is 2.38. The van der Waals surface area contributed by atoms with Crippen LogP contribution in [0.2, 0.25) is 0 Å². The zero-order valence-corrected chi connectivity index (χ0v) is 14.3. The second-order valence-electron chi connectivity index (χ2n) is 6.39. The summed E-state index contributed by atoms with van der Waals surface area (Å²) in [5.41, 5.74) is 0.453. The molecule has 2 N–H and O–H groups in total. The number of nitrogens with zero attached hydrogens (tertiary/aromatic N) is 1. The zero-order chi connectivity index (χ0) is 16.6. The monoisotopic (exact) mass is 337 g/mol. The summed E-state index contributed by atoms with van der Waals surface area (Å²) in [6.45, 7) is 0. The van der Waals surface area contributed by atoms with Crippen molar-refractivity contribution in [1.82, 2.24) is 14.9 Å². The SMILES string of the molecule is CNC(=O)c1ccc(S(=O)(=O)N(C)C2CC3CCC(C2)N3)cc1. The lowest BCUT2D eigenvalue weighted by Crippen LogP contribution is -2.48. The van der Waals surface area contributed by atoms with Crippen LogP contribution in [0.5, 0.6) is 0 Å². The highest BCUT2D eigenvalue weighted by Crippen LogP contribution is 2.31. The van der Waals surface area contributed by atoms with Gasteiger partial charge in [0.25, 0.3) is 5.91 Å². The van der Waals surface area contributed by atoms with Gasteiger partial charge in [-0.25, -0.2) is 8.42 Å². The fourth-order valence-electron chi connectivity index (χ4n) is 3.61. The summed E-state index contributed by atoms with van der Waals surface area (Å²) in [6, 6.07) is 7.02. The highest BCUT2D eigenvalue weighted by atomic mass is 32.2. The van der Waals surface area contributed by atoms with Crippen LogP contribution in [0.1, 0.15) is 36.0 Å². The third-order valence-corrected chi connectivity index (χ3v) is 6.91. The average Bonchev–Trinajstić information content (AvgIpc) is 2.91. The van der Waals surface area contributed by atoms with Gasteiger partial charge in [0.2, 0.25) is 10.0 Å². The summed E-state index contributed by atoms with van der Waals surface area (Å²) in [6.07, 6.45) is 4.00. The molecule has 0 radical (unpaired) electrons. The van der Waals surface area contributed by atoms with Gasteiger partial charge in [0.05, 0.1) is 4.90 Å². The van der Waals surface area contributed by atoms with E-state index in [1.54, 1.807) is 26.2 Å². The molecule has 0 aliphatic carbocycles. The molecular weight excluding hydrogens is 314 g/mol. The van der Waals surface area contributed by atoms with Crippen molar-refractivity contribution in [2.45, 2.75) is 48.7 Å². The molecule has 2 bridgehead atoms. The standard InChI is InChI=1S/C16H23N3O3S/c1-17-16(20)11-3-7-15(8-4-11)23(21,22)19(2)14-9-12-5-6-13(10-14)18-12/h3-4,7-8,12-14,18H,5-6,9-10H2,1-2H3,(H,17,20). The third-order valence-electron chi connectivity index (χ3n) is 4.98. The number of nitrogens with one attached hydrogen (secondary N) is 2. The molecule has 2 aliphatic rings. The van der Waals surface area contributed by atoms with Crippen LogP contribution >= 0.6 is 0 Å². The van der Waals surface area contributed by atoms with E-state index in [1.165, 1.54) is 16.4 Å². The number of sulfonamides is 1. The lowest BCUT2D eigenvalue weighted by Gasteiger charge is -2.34. The van der Waals surface area contributed by atoms with Crippen LogP contribution < -0.4 is 10.6 Å². The van der Waals surface area contributed by atoms with Gasteiger partial charge in [0, 0.05) is 37.8 Å². The van der Waals surface area contributed by atoms with Gasteiger partial charge in [-0.15, -0.1) is 0 Å². The Kier molecular flexibility index (Phi) is 4.44. The Hall–Kier alpha value is -1.44. The summed E-state index contributed by atoms with van der Waals surface area (Å²) in [4.78, 5) is 11.8. The molecule has 2 heterocycles. The molecule has 0 saturated carbocycles. The van der Waals surface area contributed by atoms with Crippen LogP contribution in [0.15, 0.2) is 29.2 Å². The van der Waals surface area contributed by atoms with Gasteiger partial charge >= 0.3 is 0 Å². The Morgan fingerprint density at radius 3 is 2.26 bits per heavy atom. The van der Waals surface area contributed by atoms with Gasteiger partial charge in [-0.2, -0.15) is 4.31 Å². The van der Waals surface area contributed by atoms with Crippen molar-refractivity contribution in [3.05, 3.63) is 29.8 Å². The van der Waals surface area contributed by atoms with Crippen molar-refractivity contribution in [2.24, 2.45) is 0 Å². The number of piperidine rings is 1. The molecule has 2 unspecified atom stereocenters. The van der Waals surface area contributed by atoms with E-state index in [4.69, 9.17) is 0 Å². The van der Waals surface area contributed by atoms with Gasteiger partial charge in [-0.1, -0.05) is 0 Å². The van der Waals surface area contributed by atoms with Crippen molar-refractivity contribution in [3.63, 3.8) is 0 Å². The molecule has 126 valence electrons. The first-order chi connectivity index (χ1) is 10.9. The second kappa shape index (κ2) is 6.22. The summed E-state index contributed by atoms with van der Waals surface area (Å²) in [7, 11) is -0.321. The van der Waals surface area contributed by atoms with Crippen molar-refractivity contribution in [3.8, 4) is 0 Å². The number of carbonyl (C=O) groups is 1. The minimum Gasteiger partial charge on any atom is -0.355 e. The molecule has 1 aromatic carbocycles. The lowest BCUT2D eigenvalue weighted by molar-refractivity contribution is 0.0963. The van der Waals surface area contributed by atoms with Crippen LogP contribution in [0.3, 0.4) is 0 Å².